The van der Waals surface area contributed by atoms with Gasteiger partial charge in [0.2, 0.25) is 5.78 Å². The molecule has 0 unspecified atom stereocenters. The van der Waals surface area contributed by atoms with Crippen molar-refractivity contribution in [3.63, 3.8) is 0 Å². The Morgan fingerprint density at radius 3 is 2.75 bits per heavy atom. The molecule has 0 saturated heterocycles. The highest BCUT2D eigenvalue weighted by molar-refractivity contribution is 7.12. The van der Waals surface area contributed by atoms with Crippen LogP contribution in [0.25, 0.3) is 0 Å². The van der Waals surface area contributed by atoms with Gasteiger partial charge < -0.3 is 4.74 Å². The number of carbonyl (C=O) groups excluding carboxylic acids is 1. The van der Waals surface area contributed by atoms with Gasteiger partial charge in [-0.25, -0.2) is 0 Å². The maximum atomic E-state index is 12.4. The van der Waals surface area contributed by atoms with Crippen LogP contribution < -0.4 is 0 Å². The van der Waals surface area contributed by atoms with E-state index in [2.05, 4.69) is 0 Å². The minimum absolute atomic E-state index is 0.0758. The van der Waals surface area contributed by atoms with Crippen LogP contribution in [0.3, 0.4) is 0 Å². The SMILES string of the molecule is CCOC1(C(=O)c2sccc2Cl)CCCC1. The molecule has 0 radical (unpaired) electrons. The van der Waals surface area contributed by atoms with Gasteiger partial charge >= 0.3 is 0 Å². The molecule has 1 aliphatic carbocycles. The Bertz CT molecular complexity index is 380. The number of rotatable bonds is 4. The van der Waals surface area contributed by atoms with E-state index in [0.29, 0.717) is 16.5 Å². The quantitative estimate of drug-likeness (QED) is 0.765. The predicted molar refractivity (Wildman–Crippen MR) is 66.5 cm³/mol. The molecule has 0 aromatic carbocycles. The maximum absolute atomic E-state index is 12.4. The first-order valence-electron chi connectivity index (χ1n) is 5.61. The Morgan fingerprint density at radius 2 is 2.25 bits per heavy atom. The molecule has 1 saturated carbocycles. The van der Waals surface area contributed by atoms with Crippen molar-refractivity contribution in [1.29, 1.82) is 0 Å². The number of hydrogen-bond acceptors (Lipinski definition) is 3. The first kappa shape index (κ1) is 12.1. The molecule has 0 aliphatic heterocycles. The van der Waals surface area contributed by atoms with Crippen LogP contribution in [0.1, 0.15) is 42.3 Å². The fourth-order valence-electron chi connectivity index (χ4n) is 2.32. The third-order valence-electron chi connectivity index (χ3n) is 3.07. The minimum Gasteiger partial charge on any atom is -0.367 e. The van der Waals surface area contributed by atoms with E-state index in [4.69, 9.17) is 16.3 Å². The average molecular weight is 259 g/mol. The van der Waals surface area contributed by atoms with E-state index < -0.39 is 5.60 Å². The van der Waals surface area contributed by atoms with Crippen LogP contribution in [0.2, 0.25) is 5.02 Å². The zero-order valence-electron chi connectivity index (χ0n) is 9.29. The van der Waals surface area contributed by atoms with Crippen molar-refractivity contribution in [2.75, 3.05) is 6.61 Å². The molecule has 16 heavy (non-hydrogen) atoms. The number of thiophene rings is 1. The summed E-state index contributed by atoms with van der Waals surface area (Å²) in [6, 6.07) is 1.77. The molecule has 4 heteroatoms. The van der Waals surface area contributed by atoms with E-state index in [1.807, 2.05) is 12.3 Å². The van der Waals surface area contributed by atoms with Gasteiger partial charge in [-0.3, -0.25) is 4.79 Å². The summed E-state index contributed by atoms with van der Waals surface area (Å²) in [6.07, 6.45) is 3.78. The molecule has 0 bridgehead atoms. The van der Waals surface area contributed by atoms with Crippen molar-refractivity contribution in [3.05, 3.63) is 21.3 Å². The third-order valence-corrected chi connectivity index (χ3v) is 4.41. The van der Waals surface area contributed by atoms with Crippen LogP contribution in [0.5, 0.6) is 0 Å². The van der Waals surface area contributed by atoms with Gasteiger partial charge in [0.15, 0.2) is 0 Å². The summed E-state index contributed by atoms with van der Waals surface area (Å²) in [6.45, 7) is 2.51. The van der Waals surface area contributed by atoms with Gasteiger partial charge in [-0.15, -0.1) is 11.3 Å². The number of halogens is 1. The number of hydrogen-bond donors (Lipinski definition) is 0. The van der Waals surface area contributed by atoms with Crippen molar-refractivity contribution in [3.8, 4) is 0 Å². The summed E-state index contributed by atoms with van der Waals surface area (Å²) in [4.78, 5) is 13.1. The lowest BCUT2D eigenvalue weighted by atomic mass is 9.95. The fourth-order valence-corrected chi connectivity index (χ4v) is 3.49. The number of Topliss-reactive ketones (excluding diaryl/α,β-unsaturated/α-hetero) is 1. The van der Waals surface area contributed by atoms with E-state index in [1.165, 1.54) is 11.3 Å². The normalized spacial score (nSPS) is 18.9. The molecule has 1 aromatic rings. The minimum atomic E-state index is -0.594. The Labute approximate surface area is 105 Å². The van der Waals surface area contributed by atoms with Crippen LogP contribution >= 0.6 is 22.9 Å². The highest BCUT2D eigenvalue weighted by Gasteiger charge is 2.43. The summed E-state index contributed by atoms with van der Waals surface area (Å²) in [5.41, 5.74) is -0.594. The highest BCUT2D eigenvalue weighted by Crippen LogP contribution is 2.38. The topological polar surface area (TPSA) is 26.3 Å². The van der Waals surface area contributed by atoms with Gasteiger partial charge in [0.05, 0.1) is 9.90 Å². The zero-order valence-corrected chi connectivity index (χ0v) is 10.9. The Kier molecular flexibility index (Phi) is 3.67. The summed E-state index contributed by atoms with van der Waals surface area (Å²) < 4.78 is 5.73. The monoisotopic (exact) mass is 258 g/mol. The van der Waals surface area contributed by atoms with Gasteiger partial charge in [0.1, 0.15) is 5.60 Å². The molecular formula is C12H15ClO2S. The molecule has 88 valence electrons. The van der Waals surface area contributed by atoms with Gasteiger partial charge in [-0.05, 0) is 44.1 Å². The molecule has 0 atom stereocenters. The van der Waals surface area contributed by atoms with Crippen molar-refractivity contribution in [1.82, 2.24) is 0 Å². The van der Waals surface area contributed by atoms with Crippen molar-refractivity contribution in [2.45, 2.75) is 38.2 Å². The van der Waals surface area contributed by atoms with Crippen LogP contribution in [0.15, 0.2) is 11.4 Å². The Hall–Kier alpha value is -0.380. The number of ketones is 1. The maximum Gasteiger partial charge on any atom is 0.206 e. The smallest absolute Gasteiger partial charge is 0.206 e. The second-order valence-electron chi connectivity index (χ2n) is 4.06. The van der Waals surface area contributed by atoms with Crippen molar-refractivity contribution in [2.24, 2.45) is 0 Å². The summed E-state index contributed by atoms with van der Waals surface area (Å²) in [5.74, 6) is 0.0758. The number of carbonyl (C=O) groups is 1. The second-order valence-corrected chi connectivity index (χ2v) is 5.38. The molecule has 0 N–H and O–H groups in total. The standard InChI is InChI=1S/C12H15ClO2S/c1-2-15-12(6-3-4-7-12)11(14)10-9(13)5-8-16-10/h5,8H,2-4,6-7H2,1H3. The van der Waals surface area contributed by atoms with Crippen LogP contribution in [0.4, 0.5) is 0 Å². The molecule has 1 aromatic heterocycles. The van der Waals surface area contributed by atoms with Crippen LogP contribution in [0, 0.1) is 0 Å². The lowest BCUT2D eigenvalue weighted by molar-refractivity contribution is -0.0160. The third kappa shape index (κ3) is 2.04. The Morgan fingerprint density at radius 1 is 1.56 bits per heavy atom. The first-order chi connectivity index (χ1) is 7.69. The van der Waals surface area contributed by atoms with Gasteiger partial charge in [-0.1, -0.05) is 11.6 Å². The molecule has 0 amide bonds. The van der Waals surface area contributed by atoms with E-state index in [1.54, 1.807) is 6.07 Å². The highest BCUT2D eigenvalue weighted by atomic mass is 35.5. The second kappa shape index (κ2) is 4.86. The molecule has 0 spiro atoms. The number of ether oxygens (including phenoxy) is 1. The summed E-state index contributed by atoms with van der Waals surface area (Å²) in [5, 5.41) is 2.41. The van der Waals surface area contributed by atoms with E-state index in [-0.39, 0.29) is 5.78 Å². The van der Waals surface area contributed by atoms with Crippen LogP contribution in [-0.2, 0) is 4.74 Å². The zero-order chi connectivity index (χ0) is 11.6. The molecule has 1 fully saturated rings. The largest absolute Gasteiger partial charge is 0.367 e. The average Bonchev–Trinajstić information content (AvgIpc) is 2.87. The van der Waals surface area contributed by atoms with Crippen molar-refractivity contribution >= 4 is 28.7 Å². The van der Waals surface area contributed by atoms with Gasteiger partial charge in [0, 0.05) is 6.61 Å². The molecular weight excluding hydrogens is 244 g/mol. The predicted octanol–water partition coefficient (Wildman–Crippen LogP) is 3.93. The van der Waals surface area contributed by atoms with Crippen molar-refractivity contribution < 1.29 is 9.53 Å². The lowest BCUT2D eigenvalue weighted by Gasteiger charge is -2.26. The van der Waals surface area contributed by atoms with Gasteiger partial charge in [0.25, 0.3) is 0 Å². The molecule has 2 nitrogen and oxygen atoms in total. The van der Waals surface area contributed by atoms with Crippen LogP contribution in [-0.4, -0.2) is 18.0 Å². The first-order valence-corrected chi connectivity index (χ1v) is 6.87. The van der Waals surface area contributed by atoms with E-state index in [9.17, 15) is 4.79 Å². The fraction of sp³-hybridized carbons (Fsp3) is 0.583. The van der Waals surface area contributed by atoms with E-state index >= 15 is 0 Å². The summed E-state index contributed by atoms with van der Waals surface area (Å²) in [7, 11) is 0. The Balaban J connectivity index is 2.27. The van der Waals surface area contributed by atoms with Gasteiger partial charge in [-0.2, -0.15) is 0 Å². The summed E-state index contributed by atoms with van der Waals surface area (Å²) >= 11 is 7.42. The molecule has 1 heterocycles. The molecule has 2 rings (SSSR count). The van der Waals surface area contributed by atoms with E-state index in [0.717, 1.165) is 25.7 Å². The molecule has 1 aliphatic rings. The lowest BCUT2D eigenvalue weighted by Crippen LogP contribution is -2.38.